The van der Waals surface area contributed by atoms with Crippen molar-refractivity contribution in [2.75, 3.05) is 26.7 Å². The molecule has 0 saturated carbocycles. The van der Waals surface area contributed by atoms with Crippen molar-refractivity contribution in [3.63, 3.8) is 0 Å². The highest BCUT2D eigenvalue weighted by molar-refractivity contribution is 14.0. The van der Waals surface area contributed by atoms with Gasteiger partial charge in [-0.3, -0.25) is 9.79 Å². The van der Waals surface area contributed by atoms with Crippen molar-refractivity contribution < 1.29 is 4.79 Å². The molecule has 0 spiro atoms. The average Bonchev–Trinajstić information content (AvgIpc) is 3.20. The summed E-state index contributed by atoms with van der Waals surface area (Å²) in [6.45, 7) is 6.65. The second-order valence-corrected chi connectivity index (χ2v) is 8.82. The molecule has 0 radical (unpaired) electrons. The van der Waals surface area contributed by atoms with Crippen molar-refractivity contribution in [3.05, 3.63) is 71.3 Å². The van der Waals surface area contributed by atoms with Crippen LogP contribution in [0.5, 0.6) is 0 Å². The molecule has 0 aromatic heterocycles. The van der Waals surface area contributed by atoms with E-state index < -0.39 is 0 Å². The Morgan fingerprint density at radius 3 is 2.44 bits per heavy atom. The second kappa shape index (κ2) is 11.7. The summed E-state index contributed by atoms with van der Waals surface area (Å²) in [6, 6.07) is 19.3. The van der Waals surface area contributed by atoms with Crippen LogP contribution in [0.3, 0.4) is 0 Å². The number of carbonyl (C=O) groups excluding carboxylic acids is 1. The van der Waals surface area contributed by atoms with Crippen molar-refractivity contribution in [1.29, 1.82) is 0 Å². The molecule has 5 nitrogen and oxygen atoms in total. The van der Waals surface area contributed by atoms with Crippen LogP contribution >= 0.6 is 24.0 Å². The predicted octanol–water partition coefficient (Wildman–Crippen LogP) is 4.63. The van der Waals surface area contributed by atoms with Crippen molar-refractivity contribution in [2.24, 2.45) is 10.9 Å². The third kappa shape index (κ3) is 5.82. The molecule has 6 heteroatoms. The maximum absolute atomic E-state index is 12.1. The number of amides is 1. The number of hydrogen-bond acceptors (Lipinski definition) is 2. The maximum atomic E-state index is 12.1. The number of nitrogens with one attached hydrogen (secondary N) is 1. The highest BCUT2D eigenvalue weighted by atomic mass is 127. The Kier molecular flexibility index (Phi) is 8.96. The average molecular weight is 546 g/mol. The van der Waals surface area contributed by atoms with Crippen molar-refractivity contribution >= 4 is 35.8 Å². The van der Waals surface area contributed by atoms with Crippen molar-refractivity contribution in [2.45, 2.75) is 45.2 Å². The monoisotopic (exact) mass is 546 g/mol. The van der Waals surface area contributed by atoms with E-state index in [1.807, 2.05) is 11.9 Å². The fourth-order valence-electron chi connectivity index (χ4n) is 5.00. The highest BCUT2D eigenvalue weighted by Crippen LogP contribution is 2.32. The van der Waals surface area contributed by atoms with Crippen LogP contribution in [0.15, 0.2) is 59.6 Å². The first-order chi connectivity index (χ1) is 15.2. The van der Waals surface area contributed by atoms with E-state index in [0.29, 0.717) is 24.8 Å². The Morgan fingerprint density at radius 2 is 1.78 bits per heavy atom. The highest BCUT2D eigenvalue weighted by Gasteiger charge is 2.28. The van der Waals surface area contributed by atoms with Gasteiger partial charge in [0.2, 0.25) is 5.91 Å². The van der Waals surface area contributed by atoms with E-state index >= 15 is 0 Å². The largest absolute Gasteiger partial charge is 0.352 e. The Labute approximate surface area is 209 Å². The number of piperidine rings is 1. The standard InChI is InChI=1S/C26H34N4O.HI/c1-20-18-30(16-14-24(20)21-9-4-3-5-10-21)26(27-2)28-17-22-11-6-7-12-23(22)19-29-15-8-13-25(29)31;/h3-7,9-12,20,24H,8,13-19H2,1-2H3,(H,27,28);1H. The number of likely N-dealkylation sites (tertiary alicyclic amines) is 2. The number of halogens is 1. The van der Waals surface area contributed by atoms with Crippen LogP contribution in [0.25, 0.3) is 0 Å². The minimum Gasteiger partial charge on any atom is -0.352 e. The van der Waals surface area contributed by atoms with Crippen LogP contribution in [0.2, 0.25) is 0 Å². The lowest BCUT2D eigenvalue weighted by Gasteiger charge is -2.39. The van der Waals surface area contributed by atoms with E-state index in [9.17, 15) is 4.79 Å². The summed E-state index contributed by atoms with van der Waals surface area (Å²) >= 11 is 0. The lowest BCUT2D eigenvalue weighted by molar-refractivity contribution is -0.128. The molecule has 2 unspecified atom stereocenters. The molecule has 2 aliphatic rings. The smallest absolute Gasteiger partial charge is 0.222 e. The van der Waals surface area contributed by atoms with E-state index in [4.69, 9.17) is 0 Å². The van der Waals surface area contributed by atoms with Gasteiger partial charge in [0, 0.05) is 46.2 Å². The molecule has 2 saturated heterocycles. The van der Waals surface area contributed by atoms with Crippen LogP contribution in [-0.2, 0) is 17.9 Å². The topological polar surface area (TPSA) is 47.9 Å². The van der Waals surface area contributed by atoms with Crippen molar-refractivity contribution in [3.8, 4) is 0 Å². The Balaban J connectivity index is 0.00000289. The molecule has 2 fully saturated rings. The quantitative estimate of drug-likeness (QED) is 0.338. The number of carbonyl (C=O) groups is 1. The zero-order chi connectivity index (χ0) is 21.6. The van der Waals surface area contributed by atoms with Crippen LogP contribution < -0.4 is 5.32 Å². The third-order valence-electron chi connectivity index (χ3n) is 6.73. The Hall–Kier alpha value is -2.09. The summed E-state index contributed by atoms with van der Waals surface area (Å²) in [5.41, 5.74) is 3.90. The number of benzene rings is 2. The predicted molar refractivity (Wildman–Crippen MR) is 141 cm³/mol. The summed E-state index contributed by atoms with van der Waals surface area (Å²) in [4.78, 5) is 21.0. The van der Waals surface area contributed by atoms with Gasteiger partial charge in [-0.1, -0.05) is 61.5 Å². The lowest BCUT2D eigenvalue weighted by atomic mass is 9.82. The molecule has 0 aliphatic carbocycles. The van der Waals surface area contributed by atoms with Crippen LogP contribution in [-0.4, -0.2) is 48.3 Å². The van der Waals surface area contributed by atoms with Crippen LogP contribution in [0, 0.1) is 5.92 Å². The van der Waals surface area contributed by atoms with E-state index in [0.717, 1.165) is 45.0 Å². The molecule has 1 amide bonds. The first-order valence-electron chi connectivity index (χ1n) is 11.5. The minimum atomic E-state index is 0. The minimum absolute atomic E-state index is 0. The van der Waals surface area contributed by atoms with Gasteiger partial charge in [-0.05, 0) is 41.4 Å². The number of nitrogens with zero attached hydrogens (tertiary/aromatic N) is 3. The summed E-state index contributed by atoms with van der Waals surface area (Å²) in [7, 11) is 1.87. The number of aliphatic imine (C=N–C) groups is 1. The molecule has 2 aromatic carbocycles. The van der Waals surface area contributed by atoms with Crippen LogP contribution in [0.1, 0.15) is 48.8 Å². The molecular weight excluding hydrogens is 511 g/mol. The SMILES string of the molecule is CN=C(NCc1ccccc1CN1CCCC1=O)N1CCC(c2ccccc2)C(C)C1.I. The summed E-state index contributed by atoms with van der Waals surface area (Å²) < 4.78 is 0. The van der Waals surface area contributed by atoms with E-state index in [2.05, 4.69) is 76.7 Å². The van der Waals surface area contributed by atoms with Gasteiger partial charge in [0.15, 0.2) is 5.96 Å². The fraction of sp³-hybridized carbons (Fsp3) is 0.462. The molecule has 2 heterocycles. The first kappa shape index (κ1) is 24.6. The fourth-order valence-corrected chi connectivity index (χ4v) is 5.00. The van der Waals surface area contributed by atoms with Gasteiger partial charge >= 0.3 is 0 Å². The molecule has 2 aliphatic heterocycles. The first-order valence-corrected chi connectivity index (χ1v) is 11.5. The Bertz CT molecular complexity index is 917. The molecule has 2 aromatic rings. The number of guanidine groups is 1. The van der Waals surface area contributed by atoms with Gasteiger partial charge in [-0.25, -0.2) is 0 Å². The second-order valence-electron chi connectivity index (χ2n) is 8.82. The van der Waals surface area contributed by atoms with Crippen molar-refractivity contribution in [1.82, 2.24) is 15.1 Å². The molecular formula is C26H35IN4O. The lowest BCUT2D eigenvalue weighted by Crippen LogP contribution is -2.47. The number of hydrogen-bond donors (Lipinski definition) is 1. The van der Waals surface area contributed by atoms with Gasteiger partial charge in [-0.15, -0.1) is 24.0 Å². The zero-order valence-electron chi connectivity index (χ0n) is 19.2. The summed E-state index contributed by atoms with van der Waals surface area (Å²) in [5, 5.41) is 3.58. The van der Waals surface area contributed by atoms with Gasteiger partial charge in [0.1, 0.15) is 0 Å². The molecule has 1 N–H and O–H groups in total. The molecule has 0 bridgehead atoms. The zero-order valence-corrected chi connectivity index (χ0v) is 21.5. The van der Waals surface area contributed by atoms with Gasteiger partial charge < -0.3 is 15.1 Å². The van der Waals surface area contributed by atoms with E-state index in [-0.39, 0.29) is 29.9 Å². The van der Waals surface area contributed by atoms with E-state index in [1.165, 1.54) is 16.7 Å². The molecule has 4 rings (SSSR count). The summed E-state index contributed by atoms with van der Waals surface area (Å²) in [5.74, 6) is 2.41. The maximum Gasteiger partial charge on any atom is 0.222 e. The molecule has 172 valence electrons. The normalized spacial score (nSPS) is 21.4. The number of rotatable bonds is 5. The Morgan fingerprint density at radius 1 is 1.06 bits per heavy atom. The summed E-state index contributed by atoms with van der Waals surface area (Å²) in [6.07, 6.45) is 2.80. The van der Waals surface area contributed by atoms with E-state index in [1.54, 1.807) is 0 Å². The van der Waals surface area contributed by atoms with Crippen LogP contribution in [0.4, 0.5) is 0 Å². The molecule has 2 atom stereocenters. The molecule has 32 heavy (non-hydrogen) atoms. The van der Waals surface area contributed by atoms with Gasteiger partial charge in [-0.2, -0.15) is 0 Å². The van der Waals surface area contributed by atoms with Gasteiger partial charge in [0.25, 0.3) is 0 Å². The third-order valence-corrected chi connectivity index (χ3v) is 6.73. The van der Waals surface area contributed by atoms with Gasteiger partial charge in [0.05, 0.1) is 0 Å².